The summed E-state index contributed by atoms with van der Waals surface area (Å²) in [5.41, 5.74) is 13.7. The summed E-state index contributed by atoms with van der Waals surface area (Å²) in [4.78, 5) is 39.9. The van der Waals surface area contributed by atoms with Crippen molar-refractivity contribution in [3.8, 4) is 56.3 Å². The van der Waals surface area contributed by atoms with Gasteiger partial charge in [-0.3, -0.25) is 19.9 Å². The van der Waals surface area contributed by atoms with Gasteiger partial charge in [-0.15, -0.1) is 0 Å². The van der Waals surface area contributed by atoms with Crippen LogP contribution in [0.4, 0.5) is 0 Å². The fourth-order valence-corrected chi connectivity index (χ4v) is 8.75. The van der Waals surface area contributed by atoms with Gasteiger partial charge in [-0.05, 0) is 125 Å². The summed E-state index contributed by atoms with van der Waals surface area (Å²) >= 11 is 3.37. The highest BCUT2D eigenvalue weighted by Gasteiger charge is 2.11. The van der Waals surface area contributed by atoms with Crippen LogP contribution in [0.15, 0.2) is 242 Å². The minimum Gasteiger partial charge on any atom is -0.423 e. The zero-order valence-electron chi connectivity index (χ0n) is 47.5. The van der Waals surface area contributed by atoms with Crippen molar-refractivity contribution in [2.45, 2.75) is 34.1 Å². The number of halogens is 1. The Morgan fingerprint density at radius 1 is 0.388 bits per heavy atom. The maximum Gasteiger partial charge on any atom is 0.488 e. The largest absolute Gasteiger partial charge is 0.488 e. The molecule has 0 aliphatic carbocycles. The van der Waals surface area contributed by atoms with E-state index in [-0.39, 0.29) is 7.43 Å². The van der Waals surface area contributed by atoms with Crippen molar-refractivity contribution in [3.63, 3.8) is 0 Å². The number of nitrogens with zero attached hydrogens (tertiary/aromatic N) is 12. The summed E-state index contributed by atoms with van der Waals surface area (Å²) in [5, 5.41) is 17.1. The first-order valence-electron chi connectivity index (χ1n) is 27.4. The van der Waals surface area contributed by atoms with E-state index < -0.39 is 7.12 Å². The van der Waals surface area contributed by atoms with Gasteiger partial charge in [0.05, 0.1) is 39.9 Å². The van der Waals surface area contributed by atoms with Crippen molar-refractivity contribution >= 4 is 52.8 Å². The SMILES string of the molecule is C.CC.Cn1cc(-c2ccccc2)nc1/C=C/c1cccc(-c2ccncc2)n1.Cn1cc(-c2ccccc2)nc1/C=C/c1cccc(Br)n1.Cn1cc(-c2ccccc2)nc1CCc1cccc(-c2ccncc2)n1.OB(O)c1ccncc1. The van der Waals surface area contributed by atoms with E-state index in [0.717, 1.165) is 108 Å². The Morgan fingerprint density at radius 3 is 1.25 bits per heavy atom. The molecular formula is C69H68BBrN12O2. The monoisotopic (exact) mass is 1190 g/mol. The second-order valence-electron chi connectivity index (χ2n) is 18.6. The molecular weight excluding hydrogens is 1120 g/mol. The van der Waals surface area contributed by atoms with Crippen LogP contribution in [-0.2, 0) is 34.0 Å². The second kappa shape index (κ2) is 32.7. The predicted octanol–water partition coefficient (Wildman–Crippen LogP) is 13.9. The quantitative estimate of drug-likeness (QED) is 0.0831. The van der Waals surface area contributed by atoms with Gasteiger partial charge in [-0.1, -0.05) is 130 Å². The molecule has 2 N–H and O–H groups in total. The summed E-state index contributed by atoms with van der Waals surface area (Å²) in [5.74, 6) is 2.86. The maximum atomic E-state index is 8.55. The van der Waals surface area contributed by atoms with Crippen molar-refractivity contribution in [2.24, 2.45) is 21.1 Å². The smallest absolute Gasteiger partial charge is 0.423 e. The molecule has 0 fully saturated rings. The highest BCUT2D eigenvalue weighted by molar-refractivity contribution is 9.10. The molecule has 0 aliphatic rings. The molecule has 0 saturated heterocycles. The predicted molar refractivity (Wildman–Crippen MR) is 350 cm³/mol. The fraction of sp³-hybridized carbons (Fsp3) is 0.116. The third kappa shape index (κ3) is 18.8. The normalized spacial score (nSPS) is 10.5. The molecule has 0 radical (unpaired) electrons. The molecule has 0 saturated carbocycles. The average molecular weight is 1190 g/mol. The van der Waals surface area contributed by atoms with Crippen molar-refractivity contribution in [3.05, 3.63) is 277 Å². The van der Waals surface area contributed by atoms with Crippen LogP contribution in [0.1, 0.15) is 55.8 Å². The van der Waals surface area contributed by atoms with E-state index in [0.29, 0.717) is 5.46 Å². The lowest BCUT2D eigenvalue weighted by molar-refractivity contribution is 0.425. The number of aryl methyl sites for hydroxylation is 5. The van der Waals surface area contributed by atoms with Gasteiger partial charge in [0, 0.05) is 117 Å². The molecule has 0 atom stereocenters. The molecule has 426 valence electrons. The van der Waals surface area contributed by atoms with E-state index in [1.807, 2.05) is 195 Å². The third-order valence-electron chi connectivity index (χ3n) is 12.7. The summed E-state index contributed by atoms with van der Waals surface area (Å²) in [6.07, 6.45) is 25.9. The minimum absolute atomic E-state index is 0. The summed E-state index contributed by atoms with van der Waals surface area (Å²) in [7, 11) is 4.66. The van der Waals surface area contributed by atoms with E-state index in [4.69, 9.17) is 30.0 Å². The summed E-state index contributed by atoms with van der Waals surface area (Å²) < 4.78 is 6.96. The Balaban J connectivity index is 0.000000168. The lowest BCUT2D eigenvalue weighted by Gasteiger charge is -2.05. The lowest BCUT2D eigenvalue weighted by atomic mass is 9.81. The van der Waals surface area contributed by atoms with Crippen molar-refractivity contribution < 1.29 is 10.0 Å². The van der Waals surface area contributed by atoms with E-state index in [1.165, 1.54) is 12.4 Å². The number of rotatable bonds is 13. The standard InChI is InChI=1S/C22H20N4.C22H18N4.C17H14BrN3.C5H6BNO2.C2H6.CH4/c2*1-26-16-21(17-6-3-2-4-7-17)25-22(26)11-10-19-8-5-9-20(24-19)18-12-14-23-15-13-18;1-21-12-15(13-6-3-2-4-7-13)20-17(21)11-10-14-8-5-9-16(18)19-14;8-6(9)5-1-3-7-4-2-5;1-2;/h2-9,12-16H,10-11H2,1H3;2-16H,1H3;2-12H,1H3;1-4,8-9H;1-2H3;1H4/b;2*11-10+;;;. The molecule has 0 amide bonds. The fourth-order valence-electron chi connectivity index (χ4n) is 8.39. The molecule has 0 aliphatic heterocycles. The summed E-state index contributed by atoms with van der Waals surface area (Å²) in [6, 6.07) is 59.6. The maximum absolute atomic E-state index is 8.55. The molecule has 3 aromatic carbocycles. The Hall–Kier alpha value is -9.87. The Kier molecular flexibility index (Phi) is 24.1. The van der Waals surface area contributed by atoms with E-state index in [2.05, 4.69) is 107 Å². The van der Waals surface area contributed by atoms with E-state index in [1.54, 1.807) is 36.9 Å². The van der Waals surface area contributed by atoms with Gasteiger partial charge in [-0.2, -0.15) is 0 Å². The van der Waals surface area contributed by atoms with Gasteiger partial charge in [0.25, 0.3) is 0 Å². The van der Waals surface area contributed by atoms with Gasteiger partial charge in [0.15, 0.2) is 0 Å². The molecule has 14 nitrogen and oxygen atoms in total. The van der Waals surface area contributed by atoms with Crippen LogP contribution in [0.25, 0.3) is 80.6 Å². The highest BCUT2D eigenvalue weighted by atomic mass is 79.9. The molecule has 16 heteroatoms. The number of hydrogen-bond donors (Lipinski definition) is 2. The number of imidazole rings is 3. The van der Waals surface area contributed by atoms with Crippen LogP contribution in [0, 0.1) is 0 Å². The number of aromatic nitrogens is 12. The molecule has 0 unspecified atom stereocenters. The highest BCUT2D eigenvalue weighted by Crippen LogP contribution is 2.23. The van der Waals surface area contributed by atoms with Gasteiger partial charge < -0.3 is 23.7 Å². The first-order valence-corrected chi connectivity index (χ1v) is 28.1. The van der Waals surface area contributed by atoms with Crippen LogP contribution >= 0.6 is 15.9 Å². The molecule has 0 spiro atoms. The van der Waals surface area contributed by atoms with Crippen LogP contribution < -0.4 is 5.46 Å². The minimum atomic E-state index is -1.38. The van der Waals surface area contributed by atoms with E-state index in [9.17, 15) is 0 Å². The first kappa shape index (κ1) is 62.7. The van der Waals surface area contributed by atoms with Gasteiger partial charge >= 0.3 is 7.12 Å². The third-order valence-corrected chi connectivity index (χ3v) is 13.1. The molecule has 85 heavy (non-hydrogen) atoms. The van der Waals surface area contributed by atoms with Crippen molar-refractivity contribution in [2.75, 3.05) is 0 Å². The molecule has 9 aromatic heterocycles. The van der Waals surface area contributed by atoms with Gasteiger partial charge in [-0.25, -0.2) is 24.9 Å². The number of benzene rings is 3. The molecule has 12 rings (SSSR count). The Labute approximate surface area is 507 Å². The van der Waals surface area contributed by atoms with Gasteiger partial charge in [0.2, 0.25) is 0 Å². The zero-order valence-corrected chi connectivity index (χ0v) is 49.0. The lowest BCUT2D eigenvalue weighted by Crippen LogP contribution is -2.29. The van der Waals surface area contributed by atoms with Crippen molar-refractivity contribution in [1.29, 1.82) is 0 Å². The van der Waals surface area contributed by atoms with Crippen LogP contribution in [0.5, 0.6) is 0 Å². The summed E-state index contributed by atoms with van der Waals surface area (Å²) in [6.45, 7) is 4.00. The Morgan fingerprint density at radius 2 is 0.788 bits per heavy atom. The zero-order chi connectivity index (χ0) is 58.9. The molecule has 12 aromatic rings. The molecule has 0 bridgehead atoms. The first-order chi connectivity index (χ1) is 41.1. The van der Waals surface area contributed by atoms with Crippen molar-refractivity contribution in [1.82, 2.24) is 58.6 Å². The van der Waals surface area contributed by atoms with Crippen LogP contribution in [0.3, 0.4) is 0 Å². The van der Waals surface area contributed by atoms with Crippen LogP contribution in [-0.4, -0.2) is 75.7 Å². The number of hydrogen-bond acceptors (Lipinski definition) is 11. The number of pyridine rings is 6. The topological polar surface area (TPSA) is 171 Å². The van der Waals surface area contributed by atoms with Crippen LogP contribution in [0.2, 0.25) is 0 Å². The average Bonchev–Trinajstić information content (AvgIpc) is 4.34. The molecule has 9 heterocycles. The van der Waals surface area contributed by atoms with Gasteiger partial charge in [0.1, 0.15) is 22.1 Å². The second-order valence-corrected chi connectivity index (χ2v) is 19.4. The van der Waals surface area contributed by atoms with E-state index >= 15 is 0 Å². The Bertz CT molecular complexity index is 3960.